The zero-order chi connectivity index (χ0) is 19.2. The Morgan fingerprint density at radius 1 is 1.08 bits per heavy atom. The number of benzene rings is 1. The van der Waals surface area contributed by atoms with E-state index in [0.717, 1.165) is 0 Å². The molecule has 0 aromatic heterocycles. The van der Waals surface area contributed by atoms with Crippen molar-refractivity contribution in [3.05, 3.63) is 30.3 Å². The molecule has 0 aliphatic carbocycles. The van der Waals surface area contributed by atoms with Crippen molar-refractivity contribution in [2.45, 2.75) is 37.8 Å². The highest BCUT2D eigenvalue weighted by atomic mass is 32.2. The van der Waals surface area contributed by atoms with Crippen molar-refractivity contribution in [2.75, 3.05) is 0 Å². The number of rotatable bonds is 7. The highest BCUT2D eigenvalue weighted by Gasteiger charge is 2.31. The van der Waals surface area contributed by atoms with Crippen molar-refractivity contribution in [1.82, 2.24) is 10.0 Å². The fourth-order valence-corrected chi connectivity index (χ4v) is 3.17. The Bertz CT molecular complexity index is 733. The molecular weight excluding hydrogens is 350 g/mol. The summed E-state index contributed by atoms with van der Waals surface area (Å²) in [6.07, 6.45) is -1.32. The molecule has 3 amide bonds. The minimum Gasteiger partial charge on any atom is -0.451 e. The lowest BCUT2D eigenvalue weighted by atomic mass is 10.1. The molecule has 25 heavy (non-hydrogen) atoms. The van der Waals surface area contributed by atoms with E-state index < -0.39 is 46.0 Å². The molecule has 0 heterocycles. The lowest BCUT2D eigenvalue weighted by Gasteiger charge is -2.22. The molecule has 0 fully saturated rings. The molecule has 1 aromatic carbocycles. The summed E-state index contributed by atoms with van der Waals surface area (Å²) >= 11 is 0. The van der Waals surface area contributed by atoms with Crippen LogP contribution >= 0.6 is 0 Å². The monoisotopic (exact) mass is 371 g/mol. The maximum atomic E-state index is 12.4. The second-order valence-electron chi connectivity index (χ2n) is 5.59. The van der Waals surface area contributed by atoms with Crippen molar-refractivity contribution in [1.29, 1.82) is 0 Å². The standard InChI is InChI=1S/C15H21N3O6S/c1-9(2)12(14(20)24-10(3)13(19)17-15(16)21)18-25(22,23)11-7-5-4-6-8-11/h4-10,12,18H,1-3H3,(H3,16,17,19,21)/t10-,12-/m1/s1. The van der Waals surface area contributed by atoms with Gasteiger partial charge in [-0.1, -0.05) is 32.0 Å². The number of carbonyl (C=O) groups excluding carboxylic acids is 3. The molecule has 0 aliphatic rings. The average molecular weight is 371 g/mol. The molecule has 0 unspecified atom stereocenters. The van der Waals surface area contributed by atoms with Crippen molar-refractivity contribution < 1.29 is 27.5 Å². The van der Waals surface area contributed by atoms with Gasteiger partial charge in [-0.25, -0.2) is 13.2 Å². The van der Waals surface area contributed by atoms with Crippen molar-refractivity contribution >= 4 is 27.9 Å². The molecule has 2 atom stereocenters. The molecule has 0 saturated heterocycles. The van der Waals surface area contributed by atoms with Gasteiger partial charge in [-0.15, -0.1) is 0 Å². The summed E-state index contributed by atoms with van der Waals surface area (Å²) in [5.74, 6) is -2.30. The minimum atomic E-state index is -3.95. The second-order valence-corrected chi connectivity index (χ2v) is 7.30. The Morgan fingerprint density at radius 3 is 2.12 bits per heavy atom. The lowest BCUT2D eigenvalue weighted by Crippen LogP contribution is -2.48. The summed E-state index contributed by atoms with van der Waals surface area (Å²) in [6, 6.07) is 5.22. The predicted molar refractivity (Wildman–Crippen MR) is 88.7 cm³/mol. The van der Waals surface area contributed by atoms with E-state index >= 15 is 0 Å². The number of sulfonamides is 1. The van der Waals surface area contributed by atoms with Gasteiger partial charge in [0.15, 0.2) is 6.10 Å². The van der Waals surface area contributed by atoms with Crippen LogP contribution in [0.15, 0.2) is 35.2 Å². The molecule has 10 heteroatoms. The smallest absolute Gasteiger partial charge is 0.325 e. The number of imide groups is 1. The highest BCUT2D eigenvalue weighted by Crippen LogP contribution is 2.13. The maximum Gasteiger partial charge on any atom is 0.325 e. The quantitative estimate of drug-likeness (QED) is 0.580. The van der Waals surface area contributed by atoms with Crippen molar-refractivity contribution in [3.8, 4) is 0 Å². The Balaban J connectivity index is 2.88. The van der Waals surface area contributed by atoms with Gasteiger partial charge in [-0.2, -0.15) is 4.72 Å². The van der Waals surface area contributed by atoms with Crippen LogP contribution in [0.25, 0.3) is 0 Å². The van der Waals surface area contributed by atoms with Crippen LogP contribution in [0.4, 0.5) is 4.79 Å². The zero-order valence-electron chi connectivity index (χ0n) is 14.1. The third-order valence-corrected chi connectivity index (χ3v) is 4.62. The number of nitrogens with one attached hydrogen (secondary N) is 2. The van der Waals surface area contributed by atoms with E-state index in [-0.39, 0.29) is 4.90 Å². The fraction of sp³-hybridized carbons (Fsp3) is 0.400. The molecule has 0 saturated carbocycles. The topological polar surface area (TPSA) is 145 Å². The minimum absolute atomic E-state index is 0.00651. The molecule has 0 radical (unpaired) electrons. The summed E-state index contributed by atoms with van der Waals surface area (Å²) in [4.78, 5) is 34.4. The van der Waals surface area contributed by atoms with Gasteiger partial charge >= 0.3 is 12.0 Å². The first-order valence-corrected chi connectivity index (χ1v) is 8.91. The van der Waals surface area contributed by atoms with Crippen LogP contribution in [-0.2, 0) is 24.3 Å². The summed E-state index contributed by atoms with van der Waals surface area (Å²) in [6.45, 7) is 4.47. The number of primary amides is 1. The molecular formula is C15H21N3O6S. The van der Waals surface area contributed by atoms with Crippen molar-refractivity contribution in [2.24, 2.45) is 11.7 Å². The molecule has 1 rings (SSSR count). The van der Waals surface area contributed by atoms with Crippen LogP contribution in [0.3, 0.4) is 0 Å². The van der Waals surface area contributed by atoms with E-state index in [1.165, 1.54) is 19.1 Å². The van der Waals surface area contributed by atoms with Gasteiger partial charge in [-0.3, -0.25) is 14.9 Å². The summed E-state index contributed by atoms with van der Waals surface area (Å²) in [5, 5.41) is 1.77. The first-order chi connectivity index (χ1) is 11.5. The number of esters is 1. The number of nitrogens with two attached hydrogens (primary N) is 1. The van der Waals surface area contributed by atoms with Gasteiger partial charge in [-0.05, 0) is 25.0 Å². The first-order valence-electron chi connectivity index (χ1n) is 7.42. The number of amides is 3. The third-order valence-electron chi connectivity index (χ3n) is 3.16. The van der Waals surface area contributed by atoms with E-state index in [2.05, 4.69) is 4.72 Å². The summed E-state index contributed by atoms with van der Waals surface area (Å²) in [7, 11) is -3.95. The number of urea groups is 1. The first kappa shape index (κ1) is 20.6. The van der Waals surface area contributed by atoms with E-state index in [9.17, 15) is 22.8 Å². The lowest BCUT2D eigenvalue weighted by molar-refractivity contribution is -0.157. The van der Waals surface area contributed by atoms with Gasteiger partial charge in [0, 0.05) is 0 Å². The molecule has 4 N–H and O–H groups in total. The van der Waals surface area contributed by atoms with Gasteiger partial charge in [0.1, 0.15) is 6.04 Å². The Kier molecular flexibility index (Phi) is 7.07. The SMILES string of the molecule is CC(C)[C@@H](NS(=O)(=O)c1ccccc1)C(=O)O[C@H](C)C(=O)NC(N)=O. The molecule has 0 spiro atoms. The Labute approximate surface area is 146 Å². The zero-order valence-corrected chi connectivity index (χ0v) is 14.9. The average Bonchev–Trinajstić information content (AvgIpc) is 2.52. The van der Waals surface area contributed by atoms with E-state index in [1.807, 2.05) is 0 Å². The van der Waals surface area contributed by atoms with Crippen molar-refractivity contribution in [3.63, 3.8) is 0 Å². The van der Waals surface area contributed by atoms with Gasteiger partial charge in [0.2, 0.25) is 10.0 Å². The van der Waals surface area contributed by atoms with Gasteiger partial charge in [0.25, 0.3) is 5.91 Å². The van der Waals surface area contributed by atoms with Crippen LogP contribution in [0.1, 0.15) is 20.8 Å². The van der Waals surface area contributed by atoms with E-state index in [4.69, 9.17) is 10.5 Å². The summed E-state index contributed by atoms with van der Waals surface area (Å²) in [5.41, 5.74) is 4.81. The highest BCUT2D eigenvalue weighted by molar-refractivity contribution is 7.89. The number of carbonyl (C=O) groups is 3. The van der Waals surface area contributed by atoms with Crippen LogP contribution < -0.4 is 15.8 Å². The van der Waals surface area contributed by atoms with Crippen LogP contribution in [-0.4, -0.2) is 38.5 Å². The van der Waals surface area contributed by atoms with Gasteiger partial charge in [0.05, 0.1) is 4.90 Å². The predicted octanol–water partition coefficient (Wildman–Crippen LogP) is 0.116. The molecule has 1 aromatic rings. The Hall–Kier alpha value is -2.46. The normalized spacial score (nSPS) is 13.8. The summed E-state index contributed by atoms with van der Waals surface area (Å²) < 4.78 is 31.9. The molecule has 0 aliphatic heterocycles. The van der Waals surface area contributed by atoms with Crippen LogP contribution in [0.5, 0.6) is 0 Å². The Morgan fingerprint density at radius 2 is 1.64 bits per heavy atom. The van der Waals surface area contributed by atoms with Crippen LogP contribution in [0, 0.1) is 5.92 Å². The van der Waals surface area contributed by atoms with Gasteiger partial charge < -0.3 is 10.5 Å². The largest absolute Gasteiger partial charge is 0.451 e. The number of hydrogen-bond acceptors (Lipinski definition) is 6. The maximum absolute atomic E-state index is 12.4. The fourth-order valence-electron chi connectivity index (χ4n) is 1.82. The molecule has 0 bridgehead atoms. The molecule has 9 nitrogen and oxygen atoms in total. The third kappa shape index (κ3) is 6.16. The number of hydrogen-bond donors (Lipinski definition) is 3. The number of ether oxygens (including phenoxy) is 1. The van der Waals surface area contributed by atoms with Crippen LogP contribution in [0.2, 0.25) is 0 Å². The second kappa shape index (κ2) is 8.58. The van der Waals surface area contributed by atoms with E-state index in [0.29, 0.717) is 0 Å². The molecule has 138 valence electrons. The van der Waals surface area contributed by atoms with E-state index in [1.54, 1.807) is 37.4 Å².